The predicted octanol–water partition coefficient (Wildman–Crippen LogP) is 5.97. The van der Waals surface area contributed by atoms with Crippen molar-refractivity contribution in [3.63, 3.8) is 0 Å². The summed E-state index contributed by atoms with van der Waals surface area (Å²) in [6.07, 6.45) is 1.91. The number of likely N-dealkylation sites (N-methyl/N-ethyl adjacent to an activating group) is 1. The zero-order chi connectivity index (χ0) is 33.0. The molecule has 5 aromatic rings. The molecular weight excluding hydrogens is 625 g/mol. The van der Waals surface area contributed by atoms with Gasteiger partial charge in [0.25, 0.3) is 5.91 Å². The topological polar surface area (TPSA) is 111 Å². The van der Waals surface area contributed by atoms with E-state index in [0.29, 0.717) is 54.6 Å². The van der Waals surface area contributed by atoms with E-state index in [-0.39, 0.29) is 11.6 Å². The Morgan fingerprint density at radius 1 is 0.917 bits per heavy atom. The van der Waals surface area contributed by atoms with E-state index in [0.717, 1.165) is 65.4 Å². The van der Waals surface area contributed by atoms with E-state index in [1.165, 1.54) is 11.3 Å². The van der Waals surface area contributed by atoms with Crippen LogP contribution in [0.25, 0.3) is 10.2 Å². The average Bonchev–Trinajstić information content (AvgIpc) is 3.52. The summed E-state index contributed by atoms with van der Waals surface area (Å²) in [5.41, 5.74) is 5.34. The number of amides is 1. The summed E-state index contributed by atoms with van der Waals surface area (Å²) < 4.78 is 7.08. The number of carboxylic acid groups (broad SMARTS) is 1. The number of carbonyl (C=O) groups is 2. The van der Waals surface area contributed by atoms with Gasteiger partial charge in [0.2, 0.25) is 0 Å². The molecule has 0 radical (unpaired) electrons. The lowest BCUT2D eigenvalue weighted by molar-refractivity contribution is 0.0689. The van der Waals surface area contributed by atoms with Gasteiger partial charge in [-0.25, -0.2) is 14.8 Å². The van der Waals surface area contributed by atoms with Gasteiger partial charge in [-0.05, 0) is 79.4 Å². The van der Waals surface area contributed by atoms with Crippen molar-refractivity contribution in [1.29, 1.82) is 0 Å². The number of nitrogens with one attached hydrogen (secondary N) is 1. The van der Waals surface area contributed by atoms with E-state index in [1.807, 2.05) is 71.6 Å². The molecule has 2 aliphatic heterocycles. The zero-order valence-electron chi connectivity index (χ0n) is 26.9. The van der Waals surface area contributed by atoms with Gasteiger partial charge in [0.05, 0.1) is 16.8 Å². The highest BCUT2D eigenvalue weighted by Crippen LogP contribution is 2.30. The fourth-order valence-electron chi connectivity index (χ4n) is 6.41. The van der Waals surface area contributed by atoms with Crippen LogP contribution in [0.5, 0.6) is 5.75 Å². The van der Waals surface area contributed by atoms with Crippen molar-refractivity contribution in [1.82, 2.24) is 14.9 Å². The summed E-state index contributed by atoms with van der Waals surface area (Å²) in [6.45, 7) is 5.65. The number of anilines is 3. The molecule has 0 atom stereocenters. The SMILES string of the molecule is CN1CCN(c2cccc(OCCCc3ccc(N4CCc5cccc(C(=O)Nc6nc7ccccc7s6)c5C4)nc3C(=O)O)c2)CC1. The van der Waals surface area contributed by atoms with E-state index >= 15 is 0 Å². The van der Waals surface area contributed by atoms with Crippen LogP contribution < -0.4 is 19.9 Å². The fourth-order valence-corrected chi connectivity index (χ4v) is 7.27. The number of rotatable bonds is 10. The van der Waals surface area contributed by atoms with Crippen molar-refractivity contribution in [3.05, 3.63) is 107 Å². The highest BCUT2D eigenvalue weighted by molar-refractivity contribution is 7.22. The van der Waals surface area contributed by atoms with Gasteiger partial charge < -0.3 is 24.5 Å². The van der Waals surface area contributed by atoms with E-state index in [2.05, 4.69) is 44.3 Å². The third kappa shape index (κ3) is 6.97. The number of hydrogen-bond acceptors (Lipinski definition) is 9. The molecule has 0 unspecified atom stereocenters. The second-order valence-electron chi connectivity index (χ2n) is 12.3. The Morgan fingerprint density at radius 3 is 2.58 bits per heavy atom. The number of carboxylic acids is 1. The lowest BCUT2D eigenvalue weighted by Crippen LogP contribution is -2.44. The Morgan fingerprint density at radius 2 is 1.75 bits per heavy atom. The van der Waals surface area contributed by atoms with Crippen LogP contribution in [0, 0.1) is 0 Å². The van der Waals surface area contributed by atoms with Gasteiger partial charge in [-0.15, -0.1) is 0 Å². The van der Waals surface area contributed by atoms with Gasteiger partial charge in [-0.2, -0.15) is 0 Å². The quantitative estimate of drug-likeness (QED) is 0.175. The Balaban J connectivity index is 0.996. The number of aryl methyl sites for hydroxylation is 1. The molecule has 0 aliphatic carbocycles. The van der Waals surface area contributed by atoms with Crippen LogP contribution in [0.3, 0.4) is 0 Å². The number of pyridine rings is 1. The molecular formula is C37H38N6O4S. The summed E-state index contributed by atoms with van der Waals surface area (Å²) in [5, 5.41) is 13.6. The second kappa shape index (κ2) is 14.0. The standard InChI is InChI=1S/C37H38N6O4S/c1-41-18-20-42(21-19-41)27-9-5-10-28(23-27)47-22-6-8-26-14-15-33(39-34(26)36(45)46)43-17-16-25-7-4-11-29(30(25)24-43)35(44)40-37-38-31-12-2-3-13-32(31)48-37/h2-5,7,9-15,23H,6,8,16-22,24H2,1H3,(H,45,46)(H,38,40,44). The fraction of sp³-hybridized carbons (Fsp3) is 0.297. The van der Waals surface area contributed by atoms with Gasteiger partial charge in [0.1, 0.15) is 11.6 Å². The molecule has 2 aliphatic rings. The van der Waals surface area contributed by atoms with Crippen LogP contribution in [0.4, 0.5) is 16.6 Å². The van der Waals surface area contributed by atoms with Crippen LogP contribution >= 0.6 is 11.3 Å². The smallest absolute Gasteiger partial charge is 0.354 e. The van der Waals surface area contributed by atoms with Crippen LogP contribution in [0.1, 0.15) is 44.0 Å². The molecule has 4 heterocycles. The molecule has 2 N–H and O–H groups in total. The number of para-hydroxylation sites is 1. The molecule has 246 valence electrons. The molecule has 11 heteroatoms. The summed E-state index contributed by atoms with van der Waals surface area (Å²) in [6, 6.07) is 25.5. The van der Waals surface area contributed by atoms with Crippen LogP contribution in [-0.2, 0) is 19.4 Å². The van der Waals surface area contributed by atoms with Gasteiger partial charge in [0, 0.05) is 56.6 Å². The van der Waals surface area contributed by atoms with Gasteiger partial charge >= 0.3 is 5.97 Å². The third-order valence-corrected chi connectivity index (χ3v) is 10.0. The number of thiazole rings is 1. The van der Waals surface area contributed by atoms with E-state index < -0.39 is 5.97 Å². The zero-order valence-corrected chi connectivity index (χ0v) is 27.7. The lowest BCUT2D eigenvalue weighted by Gasteiger charge is -2.34. The monoisotopic (exact) mass is 662 g/mol. The molecule has 0 bridgehead atoms. The van der Waals surface area contributed by atoms with Crippen molar-refractivity contribution in [2.75, 3.05) is 61.5 Å². The van der Waals surface area contributed by atoms with Crippen molar-refractivity contribution in [3.8, 4) is 5.75 Å². The van der Waals surface area contributed by atoms with Crippen molar-refractivity contribution in [2.45, 2.75) is 25.8 Å². The highest BCUT2D eigenvalue weighted by Gasteiger charge is 2.25. The number of piperazine rings is 1. The maximum Gasteiger partial charge on any atom is 0.354 e. The molecule has 10 nitrogen and oxygen atoms in total. The first-order valence-electron chi connectivity index (χ1n) is 16.3. The van der Waals surface area contributed by atoms with Crippen LogP contribution in [-0.4, -0.2) is 78.2 Å². The summed E-state index contributed by atoms with van der Waals surface area (Å²) in [7, 11) is 2.15. The molecule has 7 rings (SSSR count). The number of nitrogens with zero attached hydrogens (tertiary/aromatic N) is 5. The van der Waals surface area contributed by atoms with Crippen molar-refractivity contribution in [2.24, 2.45) is 0 Å². The summed E-state index contributed by atoms with van der Waals surface area (Å²) in [4.78, 5) is 41.7. The summed E-state index contributed by atoms with van der Waals surface area (Å²) >= 11 is 1.44. The highest BCUT2D eigenvalue weighted by atomic mass is 32.1. The molecule has 1 amide bonds. The van der Waals surface area contributed by atoms with Gasteiger partial charge in [0.15, 0.2) is 10.8 Å². The normalized spacial score (nSPS) is 14.9. The molecule has 3 aromatic carbocycles. The van der Waals surface area contributed by atoms with Crippen LogP contribution in [0.15, 0.2) is 78.9 Å². The number of carbonyl (C=O) groups excluding carboxylic acids is 1. The predicted molar refractivity (Wildman–Crippen MR) is 190 cm³/mol. The minimum absolute atomic E-state index is 0.0530. The first kappa shape index (κ1) is 31.6. The van der Waals surface area contributed by atoms with Crippen molar-refractivity contribution >= 4 is 50.1 Å². The molecule has 1 saturated heterocycles. The lowest BCUT2D eigenvalue weighted by atomic mass is 9.94. The van der Waals surface area contributed by atoms with Crippen LogP contribution in [0.2, 0.25) is 0 Å². The largest absolute Gasteiger partial charge is 0.494 e. The Labute approximate surface area is 283 Å². The maximum atomic E-state index is 13.4. The molecule has 2 aromatic heterocycles. The number of aromatic carboxylic acids is 1. The second-order valence-corrected chi connectivity index (χ2v) is 13.3. The maximum absolute atomic E-state index is 13.4. The first-order chi connectivity index (χ1) is 23.4. The minimum atomic E-state index is -1.05. The minimum Gasteiger partial charge on any atom is -0.494 e. The van der Waals surface area contributed by atoms with E-state index in [1.54, 1.807) is 0 Å². The molecule has 0 spiro atoms. The van der Waals surface area contributed by atoms with Gasteiger partial charge in [-0.3, -0.25) is 10.1 Å². The third-order valence-electron chi connectivity index (χ3n) is 9.07. The Bertz CT molecular complexity index is 1920. The number of aromatic nitrogens is 2. The molecule has 48 heavy (non-hydrogen) atoms. The Kier molecular flexibility index (Phi) is 9.22. The number of benzene rings is 3. The molecule has 0 saturated carbocycles. The number of ether oxygens (including phenoxy) is 1. The summed E-state index contributed by atoms with van der Waals surface area (Å²) in [5.74, 6) is 0.133. The first-order valence-corrected chi connectivity index (χ1v) is 17.1. The average molecular weight is 663 g/mol. The van der Waals surface area contributed by atoms with Gasteiger partial charge in [-0.1, -0.05) is 47.7 Å². The number of hydrogen-bond donors (Lipinski definition) is 2. The molecule has 1 fully saturated rings. The number of fused-ring (bicyclic) bond motifs is 2. The van der Waals surface area contributed by atoms with E-state index in [9.17, 15) is 14.7 Å². The van der Waals surface area contributed by atoms with E-state index in [4.69, 9.17) is 4.74 Å². The van der Waals surface area contributed by atoms with Crippen molar-refractivity contribution < 1.29 is 19.4 Å². The Hall–Kier alpha value is -5.00.